The van der Waals surface area contributed by atoms with Crippen molar-refractivity contribution >= 4 is 15.6 Å². The van der Waals surface area contributed by atoms with E-state index in [1.165, 1.54) is 72.8 Å². The Morgan fingerprint density at radius 1 is 0.485 bits per heavy atom. The van der Waals surface area contributed by atoms with Gasteiger partial charge in [0, 0.05) is 0 Å². The first-order valence-corrected chi connectivity index (χ1v) is 11.1. The highest BCUT2D eigenvalue weighted by Gasteiger charge is 2.23. The van der Waals surface area contributed by atoms with Crippen molar-refractivity contribution in [1.29, 1.82) is 0 Å². The second-order valence-electron chi connectivity index (χ2n) is 6.80. The summed E-state index contributed by atoms with van der Waals surface area (Å²) in [7, 11) is -3.90. The van der Waals surface area contributed by atoms with Gasteiger partial charge in [0.2, 0.25) is 9.84 Å². The van der Waals surface area contributed by atoms with Gasteiger partial charge in [0.25, 0.3) is 0 Å². The molecule has 0 aromatic heterocycles. The molecule has 0 aliphatic heterocycles. The smallest absolute Gasteiger partial charge is 0.213 e. The number of aromatic hydroxyl groups is 4. The molecule has 0 aliphatic rings. The first-order chi connectivity index (χ1) is 15.7. The fourth-order valence-electron chi connectivity index (χ4n) is 2.96. The Kier molecular flexibility index (Phi) is 7.00. The zero-order valence-corrected chi connectivity index (χ0v) is 18.0. The van der Waals surface area contributed by atoms with E-state index in [9.17, 15) is 33.6 Å². The molecule has 0 radical (unpaired) electrons. The highest BCUT2D eigenvalue weighted by Crippen LogP contribution is 2.32. The maximum absolute atomic E-state index is 12.2. The van der Waals surface area contributed by atoms with E-state index in [1.807, 2.05) is 0 Å². The average molecular weight is 464 g/mol. The molecule has 33 heavy (non-hydrogen) atoms. The minimum absolute atomic E-state index is 0.0873. The third-order valence-corrected chi connectivity index (χ3v) is 6.46. The number of ketones is 1. The summed E-state index contributed by atoms with van der Waals surface area (Å²) in [5.41, 5.74) is 0.369. The number of hydrogen-bond donors (Lipinski definition) is 4. The molecule has 168 valence electrons. The second kappa shape index (κ2) is 9.88. The zero-order valence-electron chi connectivity index (χ0n) is 17.2. The van der Waals surface area contributed by atoms with Gasteiger partial charge in [-0.3, -0.25) is 4.79 Å². The SMILES string of the molecule is O=C(c1ccccc1O)c1ccccc1O.O=S(=O)(c1ccccc1O)c1ccccc1O. The van der Waals surface area contributed by atoms with Crippen LogP contribution in [0.15, 0.2) is 107 Å². The molecule has 0 unspecified atom stereocenters. The molecule has 8 heteroatoms. The van der Waals surface area contributed by atoms with E-state index in [-0.39, 0.29) is 43.9 Å². The van der Waals surface area contributed by atoms with Crippen LogP contribution in [0.3, 0.4) is 0 Å². The van der Waals surface area contributed by atoms with Gasteiger partial charge in [0.15, 0.2) is 5.78 Å². The summed E-state index contributed by atoms with van der Waals surface area (Å²) in [6.45, 7) is 0. The quantitative estimate of drug-likeness (QED) is 0.332. The van der Waals surface area contributed by atoms with Gasteiger partial charge < -0.3 is 20.4 Å². The molecule has 0 saturated carbocycles. The highest BCUT2D eigenvalue weighted by molar-refractivity contribution is 7.91. The average Bonchev–Trinajstić information content (AvgIpc) is 2.80. The van der Waals surface area contributed by atoms with Gasteiger partial charge in [-0.1, -0.05) is 48.5 Å². The molecule has 4 N–H and O–H groups in total. The molecule has 0 fully saturated rings. The molecule has 0 spiro atoms. The highest BCUT2D eigenvalue weighted by atomic mass is 32.2. The van der Waals surface area contributed by atoms with Crippen LogP contribution in [0.25, 0.3) is 0 Å². The summed E-state index contributed by atoms with van der Waals surface area (Å²) < 4.78 is 24.3. The van der Waals surface area contributed by atoms with Crippen molar-refractivity contribution in [3.05, 3.63) is 108 Å². The number of phenolic OH excluding ortho intramolecular Hbond substituents is 4. The molecule has 4 aromatic carbocycles. The van der Waals surface area contributed by atoms with Crippen LogP contribution in [0.4, 0.5) is 0 Å². The van der Waals surface area contributed by atoms with E-state index in [1.54, 1.807) is 24.3 Å². The second-order valence-corrected chi connectivity index (χ2v) is 8.69. The van der Waals surface area contributed by atoms with E-state index < -0.39 is 15.6 Å². The Morgan fingerprint density at radius 2 is 0.788 bits per heavy atom. The lowest BCUT2D eigenvalue weighted by Gasteiger charge is -2.07. The maximum Gasteiger partial charge on any atom is 0.213 e. The van der Waals surface area contributed by atoms with E-state index in [0.717, 1.165) is 0 Å². The number of carbonyl (C=O) groups excluding carboxylic acids is 1. The molecule has 0 heterocycles. The first kappa shape index (κ1) is 23.4. The van der Waals surface area contributed by atoms with E-state index in [4.69, 9.17) is 0 Å². The van der Waals surface area contributed by atoms with Gasteiger partial charge in [0.1, 0.15) is 32.8 Å². The van der Waals surface area contributed by atoms with Gasteiger partial charge in [-0.05, 0) is 48.5 Å². The lowest BCUT2D eigenvalue weighted by Crippen LogP contribution is -2.02. The fourth-order valence-corrected chi connectivity index (χ4v) is 4.40. The zero-order chi connectivity index (χ0) is 24.0. The van der Waals surface area contributed by atoms with Crippen molar-refractivity contribution < 1.29 is 33.6 Å². The summed E-state index contributed by atoms with van der Waals surface area (Å²) in [5, 5.41) is 38.1. The standard InChI is InChI=1S/C13H10O3.C12H10O4S/c14-11-7-3-1-5-9(11)13(16)10-6-2-4-8-12(10)15;13-9-5-1-3-7-11(9)17(15,16)12-8-4-2-6-10(12)14/h1-8,14-15H;1-8,13-14H. The van der Waals surface area contributed by atoms with Crippen LogP contribution in [0.5, 0.6) is 23.0 Å². The van der Waals surface area contributed by atoms with Crippen LogP contribution >= 0.6 is 0 Å². The number of benzene rings is 4. The Morgan fingerprint density at radius 3 is 1.12 bits per heavy atom. The maximum atomic E-state index is 12.2. The Labute approximate surface area is 190 Å². The predicted octanol–water partition coefficient (Wildman–Crippen LogP) is 4.26. The molecule has 0 atom stereocenters. The van der Waals surface area contributed by atoms with Gasteiger partial charge in [-0.15, -0.1) is 0 Å². The Bertz CT molecular complexity index is 1300. The van der Waals surface area contributed by atoms with Crippen LogP contribution in [0.1, 0.15) is 15.9 Å². The molecule has 4 rings (SSSR count). The number of phenols is 4. The van der Waals surface area contributed by atoms with E-state index >= 15 is 0 Å². The molecule has 0 bridgehead atoms. The van der Waals surface area contributed by atoms with Crippen LogP contribution in [0.2, 0.25) is 0 Å². The number of sulfone groups is 1. The van der Waals surface area contributed by atoms with E-state index in [2.05, 4.69) is 0 Å². The fraction of sp³-hybridized carbons (Fsp3) is 0. The van der Waals surface area contributed by atoms with Gasteiger partial charge in [-0.25, -0.2) is 8.42 Å². The Hall–Kier alpha value is -4.30. The van der Waals surface area contributed by atoms with Crippen molar-refractivity contribution in [2.45, 2.75) is 9.79 Å². The number of hydrogen-bond acceptors (Lipinski definition) is 7. The van der Waals surface area contributed by atoms with Gasteiger partial charge >= 0.3 is 0 Å². The summed E-state index contributed by atoms with van der Waals surface area (Å²) in [4.78, 5) is 11.5. The lowest BCUT2D eigenvalue weighted by atomic mass is 10.0. The Balaban J connectivity index is 0.000000186. The minimum atomic E-state index is -3.90. The molecule has 0 aliphatic carbocycles. The summed E-state index contributed by atoms with van der Waals surface area (Å²) in [6.07, 6.45) is 0. The van der Waals surface area contributed by atoms with Crippen molar-refractivity contribution in [3.63, 3.8) is 0 Å². The monoisotopic (exact) mass is 464 g/mol. The summed E-state index contributed by atoms with van der Waals surface area (Å²) in [5.74, 6) is -1.24. The first-order valence-electron chi connectivity index (χ1n) is 9.65. The third kappa shape index (κ3) is 5.13. The third-order valence-electron chi connectivity index (χ3n) is 4.61. The lowest BCUT2D eigenvalue weighted by molar-refractivity contribution is 0.103. The number of para-hydroxylation sites is 4. The van der Waals surface area contributed by atoms with E-state index in [0.29, 0.717) is 0 Å². The topological polar surface area (TPSA) is 132 Å². The molecule has 4 aromatic rings. The minimum Gasteiger partial charge on any atom is -0.507 e. The van der Waals surface area contributed by atoms with Crippen molar-refractivity contribution in [1.82, 2.24) is 0 Å². The van der Waals surface area contributed by atoms with Crippen molar-refractivity contribution in [2.75, 3.05) is 0 Å². The molecular formula is C25H20O7S. The van der Waals surface area contributed by atoms with Gasteiger partial charge in [0.05, 0.1) is 11.1 Å². The number of carbonyl (C=O) groups is 1. The van der Waals surface area contributed by atoms with Crippen LogP contribution in [-0.2, 0) is 9.84 Å². The van der Waals surface area contributed by atoms with Crippen molar-refractivity contribution in [3.8, 4) is 23.0 Å². The molecule has 0 saturated heterocycles. The molecule has 7 nitrogen and oxygen atoms in total. The summed E-state index contributed by atoms with van der Waals surface area (Å²) in [6, 6.07) is 23.7. The van der Waals surface area contributed by atoms with Crippen LogP contribution in [0, 0.1) is 0 Å². The predicted molar refractivity (Wildman–Crippen MR) is 121 cm³/mol. The largest absolute Gasteiger partial charge is 0.507 e. The normalized spacial score (nSPS) is 10.7. The van der Waals surface area contributed by atoms with Crippen LogP contribution in [-0.4, -0.2) is 34.6 Å². The van der Waals surface area contributed by atoms with Crippen LogP contribution < -0.4 is 0 Å². The molecule has 0 amide bonds. The molecular weight excluding hydrogens is 444 g/mol. The van der Waals surface area contributed by atoms with Crippen molar-refractivity contribution in [2.24, 2.45) is 0 Å². The number of rotatable bonds is 4. The summed E-state index contributed by atoms with van der Waals surface area (Å²) >= 11 is 0. The van der Waals surface area contributed by atoms with Gasteiger partial charge in [-0.2, -0.15) is 0 Å².